The average molecular weight is 294 g/mol. The van der Waals surface area contributed by atoms with Gasteiger partial charge in [-0.3, -0.25) is 0 Å². The molecule has 21 heavy (non-hydrogen) atoms. The van der Waals surface area contributed by atoms with Crippen molar-refractivity contribution in [3.05, 3.63) is 47.8 Å². The van der Waals surface area contributed by atoms with Gasteiger partial charge in [0.05, 0.1) is 0 Å². The summed E-state index contributed by atoms with van der Waals surface area (Å²) in [5.41, 5.74) is 0.917. The fourth-order valence-electron chi connectivity index (χ4n) is 2.30. The molecule has 4 nitrogen and oxygen atoms in total. The highest BCUT2D eigenvalue weighted by atomic mass is 19.4. The van der Waals surface area contributed by atoms with Gasteiger partial charge in [0.15, 0.2) is 0 Å². The van der Waals surface area contributed by atoms with Crippen LogP contribution in [0.2, 0.25) is 0 Å². The normalized spacial score (nSPS) is 15.5. The van der Waals surface area contributed by atoms with Crippen molar-refractivity contribution in [2.45, 2.75) is 12.7 Å². The number of hydrogen-bond acceptors (Lipinski definition) is 4. The molecule has 0 spiro atoms. The maximum Gasteiger partial charge on any atom is 0.433 e. The van der Waals surface area contributed by atoms with Crippen LogP contribution in [0.15, 0.2) is 36.5 Å². The smallest absolute Gasteiger partial charge is 0.311 e. The highest BCUT2D eigenvalue weighted by molar-refractivity contribution is 5.62. The van der Waals surface area contributed by atoms with Gasteiger partial charge in [-0.1, -0.05) is 18.2 Å². The van der Waals surface area contributed by atoms with Gasteiger partial charge < -0.3 is 10.2 Å². The van der Waals surface area contributed by atoms with Crippen LogP contribution in [-0.2, 0) is 12.7 Å². The van der Waals surface area contributed by atoms with Crippen LogP contribution in [0.25, 0.3) is 0 Å². The van der Waals surface area contributed by atoms with Gasteiger partial charge in [0.25, 0.3) is 0 Å². The van der Waals surface area contributed by atoms with Crippen LogP contribution in [0.5, 0.6) is 0 Å². The number of fused-ring (bicyclic) bond motifs is 1. The predicted molar refractivity (Wildman–Crippen MR) is 72.2 cm³/mol. The molecule has 0 saturated carbocycles. The molecular formula is C14H13F3N4. The van der Waals surface area contributed by atoms with E-state index in [1.54, 1.807) is 4.90 Å². The minimum absolute atomic E-state index is 0.0703. The fraction of sp³-hybridized carbons (Fsp3) is 0.286. The lowest BCUT2D eigenvalue weighted by atomic mass is 10.1. The number of nitrogens with zero attached hydrogens (tertiary/aromatic N) is 3. The zero-order chi connectivity index (χ0) is 14.9. The quantitative estimate of drug-likeness (QED) is 0.878. The van der Waals surface area contributed by atoms with Crippen molar-refractivity contribution in [3.63, 3.8) is 0 Å². The third kappa shape index (κ3) is 2.82. The van der Waals surface area contributed by atoms with Crippen LogP contribution in [0.3, 0.4) is 0 Å². The van der Waals surface area contributed by atoms with Gasteiger partial charge in [0.2, 0.25) is 5.95 Å². The maximum absolute atomic E-state index is 12.8. The second-order valence-electron chi connectivity index (χ2n) is 4.70. The molecule has 1 aliphatic rings. The van der Waals surface area contributed by atoms with E-state index >= 15 is 0 Å². The number of para-hydroxylation sites is 1. The van der Waals surface area contributed by atoms with Crippen LogP contribution in [0, 0.1) is 0 Å². The first kappa shape index (κ1) is 13.8. The topological polar surface area (TPSA) is 41.1 Å². The first-order valence-electron chi connectivity index (χ1n) is 6.52. The van der Waals surface area contributed by atoms with Crippen molar-refractivity contribution in [3.8, 4) is 0 Å². The Kier molecular flexibility index (Phi) is 3.50. The first-order valence-corrected chi connectivity index (χ1v) is 6.52. The summed E-state index contributed by atoms with van der Waals surface area (Å²) < 4.78 is 38.4. The van der Waals surface area contributed by atoms with Gasteiger partial charge in [0.1, 0.15) is 5.69 Å². The van der Waals surface area contributed by atoms with E-state index in [-0.39, 0.29) is 5.95 Å². The van der Waals surface area contributed by atoms with E-state index in [0.29, 0.717) is 19.6 Å². The number of halogens is 3. The van der Waals surface area contributed by atoms with Crippen molar-refractivity contribution in [1.29, 1.82) is 0 Å². The van der Waals surface area contributed by atoms with Gasteiger partial charge >= 0.3 is 6.18 Å². The summed E-state index contributed by atoms with van der Waals surface area (Å²) in [6, 6.07) is 8.44. The SMILES string of the molecule is FC(F)(F)c1ccnc(N2CCNCc3ccccc32)n1. The number of rotatable bonds is 1. The standard InChI is InChI=1S/C14H13F3N4/c15-14(16,17)12-5-6-19-13(20-12)21-8-7-18-9-10-3-1-2-4-11(10)21/h1-6,18H,7-9H2. The molecule has 0 unspecified atom stereocenters. The summed E-state index contributed by atoms with van der Waals surface area (Å²) in [6.45, 7) is 1.83. The molecular weight excluding hydrogens is 281 g/mol. The van der Waals surface area contributed by atoms with E-state index in [4.69, 9.17) is 0 Å². The molecule has 0 saturated heterocycles. The molecule has 0 fully saturated rings. The van der Waals surface area contributed by atoms with Crippen LogP contribution in [-0.4, -0.2) is 23.1 Å². The number of benzene rings is 1. The lowest BCUT2D eigenvalue weighted by molar-refractivity contribution is -0.141. The summed E-state index contributed by atoms with van der Waals surface area (Å²) >= 11 is 0. The Bertz CT molecular complexity index is 642. The number of alkyl halides is 3. The fourth-order valence-corrected chi connectivity index (χ4v) is 2.30. The van der Waals surface area contributed by atoms with E-state index < -0.39 is 11.9 Å². The second kappa shape index (κ2) is 5.33. The van der Waals surface area contributed by atoms with Crippen LogP contribution in [0.4, 0.5) is 24.8 Å². The third-order valence-corrected chi connectivity index (χ3v) is 3.28. The molecule has 0 radical (unpaired) electrons. The molecule has 7 heteroatoms. The number of aromatic nitrogens is 2. The average Bonchev–Trinajstić information content (AvgIpc) is 2.69. The molecule has 1 aromatic carbocycles. The number of anilines is 2. The van der Waals surface area contributed by atoms with Crippen molar-refractivity contribution in [2.75, 3.05) is 18.0 Å². The molecule has 1 N–H and O–H groups in total. The minimum atomic E-state index is -4.47. The van der Waals surface area contributed by atoms with Crippen LogP contribution >= 0.6 is 0 Å². The van der Waals surface area contributed by atoms with Crippen LogP contribution < -0.4 is 10.2 Å². The Morgan fingerprint density at radius 1 is 1.14 bits per heavy atom. The monoisotopic (exact) mass is 294 g/mol. The largest absolute Gasteiger partial charge is 0.433 e. The van der Waals surface area contributed by atoms with Crippen molar-refractivity contribution in [2.24, 2.45) is 0 Å². The van der Waals surface area contributed by atoms with Crippen molar-refractivity contribution >= 4 is 11.6 Å². The molecule has 1 aromatic heterocycles. The number of nitrogens with one attached hydrogen (secondary N) is 1. The predicted octanol–water partition coefficient (Wildman–Crippen LogP) is 2.74. The number of hydrogen-bond donors (Lipinski definition) is 1. The van der Waals surface area contributed by atoms with Gasteiger partial charge in [-0.2, -0.15) is 13.2 Å². The molecule has 2 heterocycles. The lowest BCUT2D eigenvalue weighted by Gasteiger charge is -2.22. The van der Waals surface area contributed by atoms with E-state index in [1.807, 2.05) is 24.3 Å². The van der Waals surface area contributed by atoms with Crippen LogP contribution in [0.1, 0.15) is 11.3 Å². The van der Waals surface area contributed by atoms with Crippen molar-refractivity contribution in [1.82, 2.24) is 15.3 Å². The molecule has 0 amide bonds. The van der Waals surface area contributed by atoms with Gasteiger partial charge in [0, 0.05) is 31.5 Å². The van der Waals surface area contributed by atoms with Gasteiger partial charge in [-0.05, 0) is 17.7 Å². The Hall–Kier alpha value is -2.15. The molecule has 0 atom stereocenters. The van der Waals surface area contributed by atoms with E-state index in [1.165, 1.54) is 0 Å². The Morgan fingerprint density at radius 3 is 2.76 bits per heavy atom. The molecule has 1 aliphatic heterocycles. The van der Waals surface area contributed by atoms with E-state index in [9.17, 15) is 13.2 Å². The zero-order valence-corrected chi connectivity index (χ0v) is 11.1. The minimum Gasteiger partial charge on any atom is -0.311 e. The summed E-state index contributed by atoms with van der Waals surface area (Å²) in [6.07, 6.45) is -3.33. The van der Waals surface area contributed by atoms with E-state index in [2.05, 4.69) is 15.3 Å². The third-order valence-electron chi connectivity index (χ3n) is 3.28. The summed E-state index contributed by atoms with van der Waals surface area (Å²) in [5.74, 6) is 0.0703. The summed E-state index contributed by atoms with van der Waals surface area (Å²) in [7, 11) is 0. The second-order valence-corrected chi connectivity index (χ2v) is 4.70. The highest BCUT2D eigenvalue weighted by Gasteiger charge is 2.33. The van der Waals surface area contributed by atoms with Gasteiger partial charge in [-0.25, -0.2) is 9.97 Å². The highest BCUT2D eigenvalue weighted by Crippen LogP contribution is 2.31. The lowest BCUT2D eigenvalue weighted by Crippen LogP contribution is -2.26. The maximum atomic E-state index is 12.8. The Balaban J connectivity index is 2.04. The Morgan fingerprint density at radius 2 is 1.95 bits per heavy atom. The first-order chi connectivity index (χ1) is 10.1. The molecule has 2 aromatic rings. The summed E-state index contributed by atoms with van der Waals surface area (Å²) in [4.78, 5) is 9.39. The van der Waals surface area contributed by atoms with E-state index in [0.717, 1.165) is 23.5 Å². The molecule has 0 aliphatic carbocycles. The molecule has 0 bridgehead atoms. The molecule has 110 valence electrons. The van der Waals surface area contributed by atoms with Gasteiger partial charge in [-0.15, -0.1) is 0 Å². The molecule has 3 rings (SSSR count). The Labute approximate surface area is 119 Å². The zero-order valence-electron chi connectivity index (χ0n) is 11.1. The summed E-state index contributed by atoms with van der Waals surface area (Å²) in [5, 5.41) is 3.23. The van der Waals surface area contributed by atoms with Crippen molar-refractivity contribution < 1.29 is 13.2 Å².